The number of hydrogen-bond donors (Lipinski definition) is 1. The Hall–Kier alpha value is -0.460. The molecule has 1 aromatic rings. The van der Waals surface area contributed by atoms with Gasteiger partial charge < -0.3 is 4.74 Å². The summed E-state index contributed by atoms with van der Waals surface area (Å²) in [6.45, 7) is 2.69. The van der Waals surface area contributed by atoms with E-state index in [2.05, 4.69) is 26.2 Å². The van der Waals surface area contributed by atoms with Crippen LogP contribution in [0.25, 0.3) is 0 Å². The Labute approximate surface area is 100 Å². The average molecular weight is 291 g/mol. The van der Waals surface area contributed by atoms with Crippen molar-refractivity contribution in [3.8, 4) is 0 Å². The summed E-state index contributed by atoms with van der Waals surface area (Å²) in [5.41, 5.74) is 0. The molecule has 6 heteroatoms. The lowest BCUT2D eigenvalue weighted by molar-refractivity contribution is -0.126. The molecule has 2 atom stereocenters. The van der Waals surface area contributed by atoms with Gasteiger partial charge in [0, 0.05) is 6.61 Å². The first-order valence-corrected chi connectivity index (χ1v) is 6.31. The van der Waals surface area contributed by atoms with E-state index in [9.17, 15) is 4.79 Å². The molecule has 1 fully saturated rings. The fourth-order valence-electron chi connectivity index (χ4n) is 1.52. The van der Waals surface area contributed by atoms with E-state index < -0.39 is 0 Å². The molecule has 82 valence electrons. The van der Waals surface area contributed by atoms with Crippen LogP contribution in [0.1, 0.15) is 13.3 Å². The lowest BCUT2D eigenvalue weighted by Crippen LogP contribution is -2.31. The zero-order valence-electron chi connectivity index (χ0n) is 8.20. The van der Waals surface area contributed by atoms with E-state index in [1.807, 2.05) is 6.92 Å². The second-order valence-corrected chi connectivity index (χ2v) is 5.93. The SMILES string of the molecule is CC1CCOC1C(=O)Nc1ncc(Br)s1. The van der Waals surface area contributed by atoms with Crippen LogP contribution >= 0.6 is 27.3 Å². The number of thiazole rings is 1. The third-order valence-electron chi connectivity index (χ3n) is 2.35. The van der Waals surface area contributed by atoms with Crippen LogP contribution in [0.2, 0.25) is 0 Å². The summed E-state index contributed by atoms with van der Waals surface area (Å²) in [6.07, 6.45) is 2.28. The highest BCUT2D eigenvalue weighted by molar-refractivity contribution is 9.11. The van der Waals surface area contributed by atoms with Gasteiger partial charge in [-0.3, -0.25) is 10.1 Å². The molecule has 0 aliphatic carbocycles. The Bertz CT molecular complexity index is 369. The maximum atomic E-state index is 11.7. The van der Waals surface area contributed by atoms with E-state index in [4.69, 9.17) is 4.74 Å². The third kappa shape index (κ3) is 2.56. The number of aromatic nitrogens is 1. The fourth-order valence-corrected chi connectivity index (χ4v) is 2.63. The number of rotatable bonds is 2. The average Bonchev–Trinajstić information content (AvgIpc) is 2.75. The van der Waals surface area contributed by atoms with Gasteiger partial charge in [-0.1, -0.05) is 18.3 Å². The minimum Gasteiger partial charge on any atom is -0.368 e. The first-order valence-electron chi connectivity index (χ1n) is 4.70. The van der Waals surface area contributed by atoms with E-state index in [1.165, 1.54) is 11.3 Å². The van der Waals surface area contributed by atoms with E-state index in [0.29, 0.717) is 11.7 Å². The molecule has 0 saturated carbocycles. The molecule has 1 aliphatic rings. The quantitative estimate of drug-likeness (QED) is 0.909. The van der Waals surface area contributed by atoms with Crippen LogP contribution in [-0.2, 0) is 9.53 Å². The Balaban J connectivity index is 1.97. The predicted molar refractivity (Wildman–Crippen MR) is 62.0 cm³/mol. The lowest BCUT2D eigenvalue weighted by atomic mass is 10.0. The molecule has 2 unspecified atom stereocenters. The highest BCUT2D eigenvalue weighted by Gasteiger charge is 2.31. The largest absolute Gasteiger partial charge is 0.368 e. The molecule has 1 saturated heterocycles. The number of halogens is 1. The molecule has 1 amide bonds. The fraction of sp³-hybridized carbons (Fsp3) is 0.556. The Morgan fingerprint density at radius 2 is 2.60 bits per heavy atom. The van der Waals surface area contributed by atoms with Crippen LogP contribution in [0.3, 0.4) is 0 Å². The molecule has 1 N–H and O–H groups in total. The van der Waals surface area contributed by atoms with E-state index in [-0.39, 0.29) is 17.9 Å². The van der Waals surface area contributed by atoms with Gasteiger partial charge in [-0.25, -0.2) is 4.98 Å². The van der Waals surface area contributed by atoms with Crippen molar-refractivity contribution in [2.75, 3.05) is 11.9 Å². The predicted octanol–water partition coefficient (Wildman–Crippen LogP) is 2.27. The molecule has 15 heavy (non-hydrogen) atoms. The Morgan fingerprint density at radius 1 is 1.80 bits per heavy atom. The molecule has 1 aromatic heterocycles. The van der Waals surface area contributed by atoms with Crippen molar-refractivity contribution in [1.82, 2.24) is 4.98 Å². The van der Waals surface area contributed by atoms with Gasteiger partial charge >= 0.3 is 0 Å². The minimum atomic E-state index is -0.326. The third-order valence-corrected chi connectivity index (χ3v) is 3.75. The second kappa shape index (κ2) is 4.59. The molecule has 1 aliphatic heterocycles. The normalized spacial score (nSPS) is 25.5. The molecule has 0 bridgehead atoms. The monoisotopic (exact) mass is 290 g/mol. The summed E-state index contributed by atoms with van der Waals surface area (Å²) < 4.78 is 6.26. The number of hydrogen-bond acceptors (Lipinski definition) is 4. The Morgan fingerprint density at radius 3 is 3.13 bits per heavy atom. The van der Waals surface area contributed by atoms with Gasteiger partial charge in [0.25, 0.3) is 5.91 Å². The number of amides is 1. The van der Waals surface area contributed by atoms with Crippen molar-refractivity contribution in [3.63, 3.8) is 0 Å². The van der Waals surface area contributed by atoms with Gasteiger partial charge in [0.05, 0.1) is 9.98 Å². The number of carbonyl (C=O) groups excluding carboxylic acids is 1. The van der Waals surface area contributed by atoms with E-state index in [1.54, 1.807) is 6.20 Å². The van der Waals surface area contributed by atoms with Gasteiger partial charge in [0.15, 0.2) is 5.13 Å². The van der Waals surface area contributed by atoms with Crippen LogP contribution in [0, 0.1) is 5.92 Å². The molecule has 0 radical (unpaired) electrons. The van der Waals surface area contributed by atoms with Crippen LogP contribution in [0.5, 0.6) is 0 Å². The van der Waals surface area contributed by atoms with Crippen LogP contribution in [-0.4, -0.2) is 23.6 Å². The van der Waals surface area contributed by atoms with Crippen LogP contribution < -0.4 is 5.32 Å². The topological polar surface area (TPSA) is 51.2 Å². The highest BCUT2D eigenvalue weighted by Crippen LogP contribution is 2.25. The standard InChI is InChI=1S/C9H11BrN2O2S/c1-5-2-3-14-7(5)8(13)12-9-11-4-6(10)15-9/h4-5,7H,2-3H2,1H3,(H,11,12,13). The lowest BCUT2D eigenvalue weighted by Gasteiger charge is -2.12. The maximum Gasteiger partial charge on any atom is 0.255 e. The van der Waals surface area contributed by atoms with Gasteiger partial charge in [0.2, 0.25) is 0 Å². The van der Waals surface area contributed by atoms with Gasteiger partial charge in [0.1, 0.15) is 6.10 Å². The van der Waals surface area contributed by atoms with Crippen molar-refractivity contribution >= 4 is 38.3 Å². The summed E-state index contributed by atoms with van der Waals surface area (Å²) in [5, 5.41) is 3.35. The van der Waals surface area contributed by atoms with Crippen LogP contribution in [0.15, 0.2) is 9.98 Å². The summed E-state index contributed by atoms with van der Waals surface area (Å²) in [4.78, 5) is 15.8. The molecule has 0 aromatic carbocycles. The Kier molecular flexibility index (Phi) is 3.38. The molecular weight excluding hydrogens is 280 g/mol. The van der Waals surface area contributed by atoms with Crippen LogP contribution in [0.4, 0.5) is 5.13 Å². The van der Waals surface area contributed by atoms with Gasteiger partial charge in [-0.2, -0.15) is 0 Å². The number of nitrogens with one attached hydrogen (secondary N) is 1. The number of anilines is 1. The smallest absolute Gasteiger partial charge is 0.255 e. The number of nitrogens with zero attached hydrogens (tertiary/aromatic N) is 1. The molecule has 2 heterocycles. The van der Waals surface area contributed by atoms with Crippen molar-refractivity contribution in [1.29, 1.82) is 0 Å². The zero-order valence-corrected chi connectivity index (χ0v) is 10.6. The van der Waals surface area contributed by atoms with Crippen molar-refractivity contribution in [2.24, 2.45) is 5.92 Å². The highest BCUT2D eigenvalue weighted by atomic mass is 79.9. The summed E-state index contributed by atoms with van der Waals surface area (Å²) >= 11 is 4.69. The second-order valence-electron chi connectivity index (χ2n) is 3.52. The van der Waals surface area contributed by atoms with E-state index >= 15 is 0 Å². The maximum absolute atomic E-state index is 11.7. The van der Waals surface area contributed by atoms with Gasteiger partial charge in [-0.15, -0.1) is 0 Å². The minimum absolute atomic E-state index is 0.0955. The zero-order chi connectivity index (χ0) is 10.8. The van der Waals surface area contributed by atoms with Crippen molar-refractivity contribution in [3.05, 3.63) is 9.98 Å². The van der Waals surface area contributed by atoms with Gasteiger partial charge in [-0.05, 0) is 28.3 Å². The first kappa shape index (κ1) is 11.0. The molecule has 4 nitrogen and oxygen atoms in total. The van der Waals surface area contributed by atoms with Crippen molar-refractivity contribution < 1.29 is 9.53 Å². The molecular formula is C9H11BrN2O2S. The number of ether oxygens (including phenoxy) is 1. The summed E-state index contributed by atoms with van der Waals surface area (Å²) in [7, 11) is 0. The van der Waals surface area contributed by atoms with E-state index in [0.717, 1.165) is 10.2 Å². The van der Waals surface area contributed by atoms with Crippen molar-refractivity contribution in [2.45, 2.75) is 19.4 Å². The summed E-state index contributed by atoms with van der Waals surface area (Å²) in [5.74, 6) is 0.190. The molecule has 2 rings (SSSR count). The summed E-state index contributed by atoms with van der Waals surface area (Å²) in [6, 6.07) is 0. The number of carbonyl (C=O) groups is 1. The first-order chi connectivity index (χ1) is 7.16. The molecule has 0 spiro atoms.